The molecule has 0 saturated heterocycles. The van der Waals surface area contributed by atoms with Gasteiger partial charge in [0.15, 0.2) is 0 Å². The average Bonchev–Trinajstić information content (AvgIpc) is 2.65. The maximum absolute atomic E-state index is 3.50. The Morgan fingerprint density at radius 1 is 0.826 bits per heavy atom. The molecule has 2 aromatic carbocycles. The molecule has 0 aliphatic heterocycles. The largest absolute Gasteiger partial charge is 0.295 e. The summed E-state index contributed by atoms with van der Waals surface area (Å²) in [4.78, 5) is 0. The fraction of sp³-hybridized carbons (Fsp3) is 0.238. The molecule has 3 rings (SSSR count). The van der Waals surface area contributed by atoms with E-state index in [0.29, 0.717) is 0 Å². The van der Waals surface area contributed by atoms with Crippen molar-refractivity contribution in [2.45, 2.75) is 18.5 Å². The van der Waals surface area contributed by atoms with Gasteiger partial charge in [0.1, 0.15) is 5.66 Å². The first-order valence-corrected chi connectivity index (χ1v) is 8.21. The van der Waals surface area contributed by atoms with E-state index in [2.05, 4.69) is 83.5 Å². The van der Waals surface area contributed by atoms with Crippen molar-refractivity contribution in [1.82, 2.24) is 10.6 Å². The van der Waals surface area contributed by atoms with E-state index in [4.69, 9.17) is 0 Å². The van der Waals surface area contributed by atoms with Crippen LogP contribution in [0.5, 0.6) is 0 Å². The van der Waals surface area contributed by atoms with Crippen LogP contribution in [0, 0.1) is 0 Å². The van der Waals surface area contributed by atoms with Crippen LogP contribution in [0.25, 0.3) is 11.1 Å². The summed E-state index contributed by atoms with van der Waals surface area (Å²) in [6.07, 6.45) is 9.01. The molecule has 2 heteroatoms. The van der Waals surface area contributed by atoms with Crippen LogP contribution in [0.1, 0.15) is 18.4 Å². The van der Waals surface area contributed by atoms with Crippen LogP contribution in [-0.2, 0) is 5.66 Å². The third-order valence-electron chi connectivity index (χ3n) is 4.58. The van der Waals surface area contributed by atoms with E-state index in [1.165, 1.54) is 22.3 Å². The van der Waals surface area contributed by atoms with Crippen LogP contribution in [-0.4, -0.2) is 14.1 Å². The summed E-state index contributed by atoms with van der Waals surface area (Å²) in [6, 6.07) is 19.3. The Morgan fingerprint density at radius 2 is 1.57 bits per heavy atom. The average molecular weight is 304 g/mol. The molecule has 0 radical (unpaired) electrons. The molecule has 0 fully saturated rings. The Morgan fingerprint density at radius 3 is 2.22 bits per heavy atom. The second-order valence-corrected chi connectivity index (χ2v) is 5.84. The third-order valence-corrected chi connectivity index (χ3v) is 4.58. The minimum absolute atomic E-state index is 0.359. The van der Waals surface area contributed by atoms with Gasteiger partial charge in [0.05, 0.1) is 0 Å². The zero-order valence-electron chi connectivity index (χ0n) is 13.8. The van der Waals surface area contributed by atoms with Gasteiger partial charge < -0.3 is 0 Å². The van der Waals surface area contributed by atoms with Crippen LogP contribution in [0.4, 0.5) is 0 Å². The van der Waals surface area contributed by atoms with Crippen molar-refractivity contribution in [3.63, 3.8) is 0 Å². The van der Waals surface area contributed by atoms with Gasteiger partial charge in [0.25, 0.3) is 0 Å². The zero-order chi connectivity index (χ0) is 16.1. The second kappa shape index (κ2) is 6.95. The monoisotopic (exact) mass is 304 g/mol. The molecule has 2 nitrogen and oxygen atoms in total. The fourth-order valence-corrected chi connectivity index (χ4v) is 3.32. The van der Waals surface area contributed by atoms with Gasteiger partial charge >= 0.3 is 0 Å². The van der Waals surface area contributed by atoms with Crippen molar-refractivity contribution in [2.75, 3.05) is 14.1 Å². The SMILES string of the molecule is CNC(NC)(C1=CCCC=C1)c1cccc(-c2ccccc2)c1. The first-order chi connectivity index (χ1) is 11.3. The number of benzene rings is 2. The summed E-state index contributed by atoms with van der Waals surface area (Å²) >= 11 is 0. The molecule has 0 unspecified atom stereocenters. The Balaban J connectivity index is 2.07. The molecule has 0 atom stereocenters. The lowest BCUT2D eigenvalue weighted by Gasteiger charge is -2.36. The van der Waals surface area contributed by atoms with Crippen LogP contribution in [0.15, 0.2) is 78.4 Å². The van der Waals surface area contributed by atoms with Crippen LogP contribution < -0.4 is 10.6 Å². The number of nitrogens with one attached hydrogen (secondary N) is 2. The lowest BCUT2D eigenvalue weighted by atomic mass is 9.86. The summed E-state index contributed by atoms with van der Waals surface area (Å²) in [5.41, 5.74) is 4.62. The number of likely N-dealkylation sites (N-methyl/N-ethyl adjacent to an activating group) is 2. The first-order valence-electron chi connectivity index (χ1n) is 8.21. The van der Waals surface area contributed by atoms with Gasteiger partial charge in [0, 0.05) is 0 Å². The van der Waals surface area contributed by atoms with Gasteiger partial charge in [-0.2, -0.15) is 0 Å². The molecule has 0 heterocycles. The van der Waals surface area contributed by atoms with Crippen molar-refractivity contribution < 1.29 is 0 Å². The Kier molecular flexibility index (Phi) is 4.75. The van der Waals surface area contributed by atoms with E-state index < -0.39 is 0 Å². The summed E-state index contributed by atoms with van der Waals surface area (Å²) in [5.74, 6) is 0. The van der Waals surface area contributed by atoms with Gasteiger partial charge in [-0.15, -0.1) is 0 Å². The molecule has 0 bridgehead atoms. The highest BCUT2D eigenvalue weighted by Crippen LogP contribution is 2.32. The third kappa shape index (κ3) is 3.00. The van der Waals surface area contributed by atoms with E-state index in [-0.39, 0.29) is 5.66 Å². The normalized spacial score (nSPS) is 14.6. The number of hydrogen-bond donors (Lipinski definition) is 2. The van der Waals surface area contributed by atoms with E-state index in [0.717, 1.165) is 12.8 Å². The molecule has 23 heavy (non-hydrogen) atoms. The molecule has 0 spiro atoms. The second-order valence-electron chi connectivity index (χ2n) is 5.84. The summed E-state index contributed by atoms with van der Waals surface area (Å²) in [6.45, 7) is 0. The van der Waals surface area contributed by atoms with Crippen molar-refractivity contribution in [1.29, 1.82) is 0 Å². The number of rotatable bonds is 5. The Bertz CT molecular complexity index is 710. The molecule has 0 amide bonds. The maximum atomic E-state index is 3.50. The van der Waals surface area contributed by atoms with Gasteiger partial charge in [-0.1, -0.05) is 66.8 Å². The highest BCUT2D eigenvalue weighted by atomic mass is 15.2. The van der Waals surface area contributed by atoms with E-state index in [1.807, 2.05) is 14.1 Å². The van der Waals surface area contributed by atoms with Crippen molar-refractivity contribution in [2.24, 2.45) is 0 Å². The van der Waals surface area contributed by atoms with Crippen molar-refractivity contribution in [3.05, 3.63) is 84.0 Å². The molecule has 118 valence electrons. The molecule has 1 aliphatic rings. The van der Waals surface area contributed by atoms with Gasteiger partial charge in [0.2, 0.25) is 0 Å². The lowest BCUT2D eigenvalue weighted by molar-refractivity contribution is 0.370. The molecule has 2 N–H and O–H groups in total. The Hall–Kier alpha value is -2.16. The number of allylic oxidation sites excluding steroid dienone is 2. The van der Waals surface area contributed by atoms with E-state index in [1.54, 1.807) is 0 Å². The predicted octanol–water partition coefficient (Wildman–Crippen LogP) is 4.22. The predicted molar refractivity (Wildman–Crippen MR) is 98.1 cm³/mol. The quantitative estimate of drug-likeness (QED) is 0.808. The molecule has 1 aliphatic carbocycles. The highest BCUT2D eigenvalue weighted by molar-refractivity contribution is 5.65. The summed E-state index contributed by atoms with van der Waals surface area (Å²) in [7, 11) is 4.02. The molecule has 2 aromatic rings. The van der Waals surface area contributed by atoms with Crippen LogP contribution in [0.3, 0.4) is 0 Å². The first kappa shape index (κ1) is 15.7. The standard InChI is InChI=1S/C21H24N2/c1-22-21(23-2,19-13-7-4-8-14-19)20-15-9-12-18(16-20)17-10-5-3-6-11-17/h3,5-7,9-16,22-23H,4,8H2,1-2H3. The minimum atomic E-state index is -0.359. The minimum Gasteiger partial charge on any atom is -0.295 e. The van der Waals surface area contributed by atoms with Gasteiger partial charge in [-0.05, 0) is 55.3 Å². The molecular weight excluding hydrogens is 280 g/mol. The maximum Gasteiger partial charge on any atom is 0.121 e. The molecule has 0 saturated carbocycles. The van der Waals surface area contributed by atoms with Gasteiger partial charge in [-0.25, -0.2) is 0 Å². The molecular formula is C21H24N2. The zero-order valence-corrected chi connectivity index (χ0v) is 13.8. The Labute approximate surface area is 138 Å². The van der Waals surface area contributed by atoms with E-state index >= 15 is 0 Å². The lowest BCUT2D eigenvalue weighted by Crippen LogP contribution is -2.52. The summed E-state index contributed by atoms with van der Waals surface area (Å²) in [5, 5.41) is 7.00. The number of hydrogen-bond acceptors (Lipinski definition) is 2. The van der Waals surface area contributed by atoms with Crippen molar-refractivity contribution >= 4 is 0 Å². The highest BCUT2D eigenvalue weighted by Gasteiger charge is 2.32. The van der Waals surface area contributed by atoms with Crippen molar-refractivity contribution in [3.8, 4) is 11.1 Å². The van der Waals surface area contributed by atoms with Gasteiger partial charge in [-0.3, -0.25) is 10.6 Å². The van der Waals surface area contributed by atoms with Crippen LogP contribution >= 0.6 is 0 Å². The van der Waals surface area contributed by atoms with E-state index in [9.17, 15) is 0 Å². The molecule has 0 aromatic heterocycles. The fourth-order valence-electron chi connectivity index (χ4n) is 3.32. The topological polar surface area (TPSA) is 24.1 Å². The smallest absolute Gasteiger partial charge is 0.121 e. The summed E-state index contributed by atoms with van der Waals surface area (Å²) < 4.78 is 0. The van der Waals surface area contributed by atoms with Crippen LogP contribution in [0.2, 0.25) is 0 Å².